The van der Waals surface area contributed by atoms with Crippen LogP contribution in [0.5, 0.6) is 0 Å². The van der Waals surface area contributed by atoms with E-state index in [1.165, 1.54) is 0 Å². The van der Waals surface area contributed by atoms with E-state index < -0.39 is 46.2 Å². The van der Waals surface area contributed by atoms with Gasteiger partial charge in [0.25, 0.3) is 0 Å². The Morgan fingerprint density at radius 1 is 0.808 bits per heavy atom. The molecule has 3 rings (SSSR count). The van der Waals surface area contributed by atoms with Gasteiger partial charge in [-0.25, -0.2) is 0 Å². The molecule has 0 saturated carbocycles. The van der Waals surface area contributed by atoms with Crippen LogP contribution in [0.25, 0.3) is 11.6 Å². The summed E-state index contributed by atoms with van der Waals surface area (Å²) in [6.07, 6.45) is -8.23. The summed E-state index contributed by atoms with van der Waals surface area (Å²) in [6, 6.07) is 8.51. The van der Waals surface area contributed by atoms with Crippen molar-refractivity contribution in [3.63, 3.8) is 0 Å². The standard InChI is InChI=1S/C17H9F6.2ClH.Hf/c18-16(19,20)14-7-13(8-15(9-14)17(21,22)23)12-5-10-3-1-2-4-11(10)6-12;;;/h1-9H;2*1H;/q;;;+2/p-2. The number of halogens is 8. The fourth-order valence-electron chi connectivity index (χ4n) is 2.93. The van der Waals surface area contributed by atoms with E-state index in [-0.39, 0.29) is 11.6 Å². The molecule has 0 aliphatic heterocycles. The normalized spacial score (nSPS) is 17.1. The zero-order chi connectivity index (χ0) is 19.3. The van der Waals surface area contributed by atoms with Gasteiger partial charge in [0.1, 0.15) is 0 Å². The van der Waals surface area contributed by atoms with Crippen LogP contribution in [0.3, 0.4) is 0 Å². The topological polar surface area (TPSA) is 0 Å². The average molecular weight is 577 g/mol. The van der Waals surface area contributed by atoms with Crippen molar-refractivity contribution in [3.8, 4) is 0 Å². The molecule has 0 nitrogen and oxygen atoms in total. The molecule has 0 amide bonds. The first kappa shape index (κ1) is 20.0. The molecule has 0 aromatic heterocycles. The van der Waals surface area contributed by atoms with E-state index in [1.54, 1.807) is 30.3 Å². The summed E-state index contributed by atoms with van der Waals surface area (Å²) in [5, 5.41) is 0. The Labute approximate surface area is 160 Å². The van der Waals surface area contributed by atoms with E-state index in [0.29, 0.717) is 11.1 Å². The van der Waals surface area contributed by atoms with Crippen molar-refractivity contribution in [1.29, 1.82) is 0 Å². The van der Waals surface area contributed by atoms with E-state index in [1.807, 2.05) is 0 Å². The van der Waals surface area contributed by atoms with Crippen LogP contribution in [0.15, 0.2) is 42.5 Å². The molecule has 9 heteroatoms. The molecule has 2 aromatic rings. The van der Waals surface area contributed by atoms with Crippen LogP contribution in [0.2, 0.25) is 0 Å². The fourth-order valence-corrected chi connectivity index (χ4v) is 10.3. The van der Waals surface area contributed by atoms with Crippen molar-refractivity contribution in [3.05, 3.63) is 70.3 Å². The van der Waals surface area contributed by atoms with E-state index in [4.69, 9.17) is 17.2 Å². The number of rotatable bonds is 2. The summed E-state index contributed by atoms with van der Waals surface area (Å²) in [6.45, 7) is 0. The Morgan fingerprint density at radius 2 is 1.35 bits per heavy atom. The minimum atomic E-state index is -4.90. The van der Waals surface area contributed by atoms with E-state index in [9.17, 15) is 26.3 Å². The first-order chi connectivity index (χ1) is 12.0. The van der Waals surface area contributed by atoms with Crippen LogP contribution < -0.4 is 0 Å². The SMILES string of the molecule is FC(F)(F)c1cc(C2=Cc3ccccc3[CH]2[Hf]([Cl])[Cl])cc(C(F)(F)F)c1. The fraction of sp³-hybridized carbons (Fsp3) is 0.176. The molecule has 0 heterocycles. The molecule has 2 aromatic carbocycles. The van der Waals surface area contributed by atoms with Crippen molar-refractivity contribution in [2.45, 2.75) is 16.0 Å². The quantitative estimate of drug-likeness (QED) is 0.261. The predicted molar refractivity (Wildman–Crippen MR) is 85.2 cm³/mol. The van der Waals surface area contributed by atoms with Crippen molar-refractivity contribution in [2.75, 3.05) is 0 Å². The molecule has 0 fully saturated rings. The van der Waals surface area contributed by atoms with Crippen LogP contribution in [0.4, 0.5) is 26.3 Å². The first-order valence-corrected chi connectivity index (χ1v) is 18.2. The second-order valence-corrected chi connectivity index (χ2v) is 18.2. The second kappa shape index (κ2) is 6.99. The van der Waals surface area contributed by atoms with Crippen LogP contribution in [-0.2, 0) is 31.4 Å². The van der Waals surface area contributed by atoms with Gasteiger partial charge in [-0.1, -0.05) is 0 Å². The Morgan fingerprint density at radius 3 is 1.85 bits per heavy atom. The van der Waals surface area contributed by atoms with Crippen molar-refractivity contribution < 1.29 is 45.4 Å². The molecule has 0 bridgehead atoms. The summed E-state index contributed by atoms with van der Waals surface area (Å²) >= 11 is -3.27. The van der Waals surface area contributed by atoms with Gasteiger partial charge >= 0.3 is 161 Å². The molecule has 0 N–H and O–H groups in total. The van der Waals surface area contributed by atoms with Gasteiger partial charge in [0.2, 0.25) is 0 Å². The third-order valence-corrected chi connectivity index (χ3v) is 11.4. The van der Waals surface area contributed by atoms with Crippen molar-refractivity contribution >= 4 is 28.8 Å². The van der Waals surface area contributed by atoms with Crippen molar-refractivity contribution in [1.82, 2.24) is 0 Å². The number of benzene rings is 2. The minimum absolute atomic E-state index is 0.115. The maximum absolute atomic E-state index is 13.1. The zero-order valence-electron chi connectivity index (χ0n) is 12.7. The van der Waals surface area contributed by atoms with Gasteiger partial charge in [0, 0.05) is 0 Å². The molecular weight excluding hydrogens is 568 g/mol. The molecule has 1 aliphatic rings. The monoisotopic (exact) mass is 577 g/mol. The Bertz CT molecular complexity index is 838. The number of hydrogen-bond acceptors (Lipinski definition) is 0. The molecule has 0 saturated heterocycles. The molecular formula is C17H9Cl2F6Hf. The van der Waals surface area contributed by atoms with E-state index in [2.05, 4.69) is 0 Å². The molecule has 1 aliphatic carbocycles. The van der Waals surface area contributed by atoms with Crippen LogP contribution in [0, 0.1) is 0 Å². The predicted octanol–water partition coefficient (Wildman–Crippen LogP) is 7.25. The molecule has 0 radical (unpaired) electrons. The molecule has 0 spiro atoms. The van der Waals surface area contributed by atoms with Gasteiger partial charge in [-0.15, -0.1) is 0 Å². The third-order valence-electron chi connectivity index (χ3n) is 4.07. The Hall–Kier alpha value is -0.790. The number of hydrogen-bond donors (Lipinski definition) is 0. The average Bonchev–Trinajstić information content (AvgIpc) is 2.92. The second-order valence-electron chi connectivity index (χ2n) is 5.75. The van der Waals surface area contributed by atoms with E-state index in [0.717, 1.165) is 17.7 Å². The summed E-state index contributed by atoms with van der Waals surface area (Å²) in [7, 11) is 12.4. The van der Waals surface area contributed by atoms with Gasteiger partial charge in [0.05, 0.1) is 0 Å². The van der Waals surface area contributed by atoms with Gasteiger partial charge in [-0.2, -0.15) is 0 Å². The molecule has 1 unspecified atom stereocenters. The number of fused-ring (bicyclic) bond motifs is 1. The number of allylic oxidation sites excluding steroid dienone is 1. The molecule has 26 heavy (non-hydrogen) atoms. The molecule has 137 valence electrons. The van der Waals surface area contributed by atoms with Gasteiger partial charge in [-0.3, -0.25) is 0 Å². The third kappa shape index (κ3) is 3.90. The van der Waals surface area contributed by atoms with Gasteiger partial charge in [0.15, 0.2) is 0 Å². The summed E-state index contributed by atoms with van der Waals surface area (Å²) in [5.74, 6) is 0. The van der Waals surface area contributed by atoms with Crippen LogP contribution >= 0.6 is 17.2 Å². The summed E-state index contributed by atoms with van der Waals surface area (Å²) < 4.78 is 78.2. The van der Waals surface area contributed by atoms with Crippen molar-refractivity contribution in [2.24, 2.45) is 0 Å². The van der Waals surface area contributed by atoms with Gasteiger partial charge in [-0.05, 0) is 0 Å². The van der Waals surface area contributed by atoms with E-state index >= 15 is 0 Å². The summed E-state index contributed by atoms with van der Waals surface area (Å²) in [4.78, 5) is 0. The van der Waals surface area contributed by atoms with Crippen LogP contribution in [0.1, 0.15) is 31.5 Å². The summed E-state index contributed by atoms with van der Waals surface area (Å²) in [5.41, 5.74) is -1.08. The van der Waals surface area contributed by atoms with Crippen LogP contribution in [-0.4, -0.2) is 0 Å². The Balaban J connectivity index is 2.20. The maximum atomic E-state index is 13.1. The first-order valence-electron chi connectivity index (χ1n) is 7.26. The van der Waals surface area contributed by atoms with Gasteiger partial charge < -0.3 is 0 Å². The zero-order valence-corrected chi connectivity index (χ0v) is 17.8. The number of alkyl halides is 6. The Kier molecular flexibility index (Phi) is 5.36. The molecule has 1 atom stereocenters.